The van der Waals surface area contributed by atoms with Crippen LogP contribution in [0.5, 0.6) is 0 Å². The number of halogens is 1. The predicted molar refractivity (Wildman–Crippen MR) is 56.8 cm³/mol. The van der Waals surface area contributed by atoms with Gasteiger partial charge in [0, 0.05) is 13.2 Å². The van der Waals surface area contributed by atoms with E-state index in [9.17, 15) is 4.79 Å². The summed E-state index contributed by atoms with van der Waals surface area (Å²) in [7, 11) is 1.46. The molecule has 0 aliphatic rings. The number of hydrogen-bond acceptors (Lipinski definition) is 4. The van der Waals surface area contributed by atoms with Gasteiger partial charge in [-0.05, 0) is 13.8 Å². The number of carbonyl (C=O) groups is 1. The first-order valence-electron chi connectivity index (χ1n) is 4.30. The molecule has 1 aromatic rings. The van der Waals surface area contributed by atoms with E-state index in [0.717, 1.165) is 0 Å². The SMILES string of the molecule is COC(C)(C)C(=O)Nc1cc(Cl)ncn1. The number of aromatic nitrogens is 2. The molecule has 0 fully saturated rings. The van der Waals surface area contributed by atoms with E-state index in [4.69, 9.17) is 16.3 Å². The largest absolute Gasteiger partial charge is 0.369 e. The number of ether oxygens (including phenoxy) is 1. The zero-order valence-corrected chi connectivity index (χ0v) is 9.50. The van der Waals surface area contributed by atoms with Crippen molar-refractivity contribution in [3.05, 3.63) is 17.5 Å². The molecule has 1 N–H and O–H groups in total. The maximum Gasteiger partial charge on any atom is 0.257 e. The van der Waals surface area contributed by atoms with Crippen molar-refractivity contribution in [1.29, 1.82) is 0 Å². The van der Waals surface area contributed by atoms with Gasteiger partial charge in [-0.15, -0.1) is 0 Å². The van der Waals surface area contributed by atoms with Crippen LogP contribution >= 0.6 is 11.6 Å². The van der Waals surface area contributed by atoms with Crippen molar-refractivity contribution >= 4 is 23.3 Å². The molecule has 1 heterocycles. The van der Waals surface area contributed by atoms with Gasteiger partial charge in [0.05, 0.1) is 0 Å². The van der Waals surface area contributed by atoms with Crippen LogP contribution in [-0.4, -0.2) is 28.6 Å². The average molecular weight is 230 g/mol. The fourth-order valence-electron chi connectivity index (χ4n) is 0.761. The van der Waals surface area contributed by atoms with Crippen LogP contribution in [0.4, 0.5) is 5.82 Å². The Balaban J connectivity index is 2.75. The van der Waals surface area contributed by atoms with Crippen LogP contribution in [0.1, 0.15) is 13.8 Å². The quantitative estimate of drug-likeness (QED) is 0.798. The Morgan fingerprint density at radius 3 is 2.73 bits per heavy atom. The van der Waals surface area contributed by atoms with E-state index in [-0.39, 0.29) is 11.1 Å². The van der Waals surface area contributed by atoms with Gasteiger partial charge < -0.3 is 10.1 Å². The molecule has 1 aromatic heterocycles. The van der Waals surface area contributed by atoms with Gasteiger partial charge in [-0.2, -0.15) is 0 Å². The van der Waals surface area contributed by atoms with Crippen LogP contribution in [0.25, 0.3) is 0 Å². The van der Waals surface area contributed by atoms with Crippen molar-refractivity contribution in [3.63, 3.8) is 0 Å². The smallest absolute Gasteiger partial charge is 0.257 e. The number of nitrogens with one attached hydrogen (secondary N) is 1. The molecule has 6 heteroatoms. The molecule has 15 heavy (non-hydrogen) atoms. The van der Waals surface area contributed by atoms with E-state index in [1.165, 1.54) is 19.5 Å². The Kier molecular flexibility index (Phi) is 3.60. The fourth-order valence-corrected chi connectivity index (χ4v) is 0.908. The normalized spacial score (nSPS) is 11.2. The van der Waals surface area contributed by atoms with Crippen LogP contribution in [-0.2, 0) is 9.53 Å². The predicted octanol–water partition coefficient (Wildman–Crippen LogP) is 1.49. The summed E-state index contributed by atoms with van der Waals surface area (Å²) in [5.41, 5.74) is -0.905. The van der Waals surface area contributed by atoms with Crippen molar-refractivity contribution in [2.75, 3.05) is 12.4 Å². The minimum atomic E-state index is -0.905. The maximum absolute atomic E-state index is 11.6. The topological polar surface area (TPSA) is 64.1 Å². The van der Waals surface area contributed by atoms with Crippen LogP contribution < -0.4 is 5.32 Å². The van der Waals surface area contributed by atoms with Gasteiger partial charge in [0.15, 0.2) is 0 Å². The van der Waals surface area contributed by atoms with Crippen molar-refractivity contribution < 1.29 is 9.53 Å². The molecular formula is C9H12ClN3O2. The molecule has 0 aliphatic carbocycles. The number of rotatable bonds is 3. The monoisotopic (exact) mass is 229 g/mol. The molecule has 82 valence electrons. The number of hydrogen-bond donors (Lipinski definition) is 1. The summed E-state index contributed by atoms with van der Waals surface area (Å²) in [6.07, 6.45) is 1.28. The van der Waals surface area contributed by atoms with Gasteiger partial charge >= 0.3 is 0 Å². The Hall–Kier alpha value is -1.20. The molecule has 0 radical (unpaired) electrons. The van der Waals surface area contributed by atoms with Crippen LogP contribution in [0.2, 0.25) is 5.15 Å². The summed E-state index contributed by atoms with van der Waals surface area (Å²) in [6.45, 7) is 3.32. The standard InChI is InChI=1S/C9H12ClN3O2/c1-9(2,15-3)8(14)13-7-4-6(10)11-5-12-7/h4-5H,1-3H3,(H,11,12,13,14). The highest BCUT2D eigenvalue weighted by molar-refractivity contribution is 6.29. The molecule has 0 saturated carbocycles. The molecule has 1 rings (SSSR count). The summed E-state index contributed by atoms with van der Waals surface area (Å²) in [4.78, 5) is 19.2. The zero-order chi connectivity index (χ0) is 11.5. The van der Waals surface area contributed by atoms with E-state index >= 15 is 0 Å². The summed E-state index contributed by atoms with van der Waals surface area (Å²) in [5, 5.41) is 2.85. The molecule has 0 atom stereocenters. The molecule has 0 bridgehead atoms. The highest BCUT2D eigenvalue weighted by atomic mass is 35.5. The lowest BCUT2D eigenvalue weighted by molar-refractivity contribution is -0.133. The lowest BCUT2D eigenvalue weighted by Gasteiger charge is -2.21. The Bertz CT molecular complexity index is 368. The maximum atomic E-state index is 11.6. The molecule has 0 spiro atoms. The van der Waals surface area contributed by atoms with Crippen LogP contribution in [0.3, 0.4) is 0 Å². The third-order valence-electron chi connectivity index (χ3n) is 1.93. The summed E-state index contributed by atoms with van der Waals surface area (Å²) >= 11 is 5.64. The van der Waals surface area contributed by atoms with Crippen molar-refractivity contribution in [2.24, 2.45) is 0 Å². The third-order valence-corrected chi connectivity index (χ3v) is 2.14. The minimum absolute atomic E-state index is 0.274. The first-order chi connectivity index (χ1) is 6.95. The van der Waals surface area contributed by atoms with Gasteiger partial charge in [-0.1, -0.05) is 11.6 Å². The van der Waals surface area contributed by atoms with E-state index in [0.29, 0.717) is 5.82 Å². The molecule has 0 aromatic carbocycles. The second-order valence-electron chi connectivity index (χ2n) is 3.39. The average Bonchev–Trinajstić information content (AvgIpc) is 2.17. The molecular weight excluding hydrogens is 218 g/mol. The van der Waals surface area contributed by atoms with Crippen molar-refractivity contribution in [3.8, 4) is 0 Å². The lowest BCUT2D eigenvalue weighted by Crippen LogP contribution is -2.39. The third kappa shape index (κ3) is 3.14. The molecule has 5 nitrogen and oxygen atoms in total. The van der Waals surface area contributed by atoms with E-state index in [1.807, 2.05) is 0 Å². The number of methoxy groups -OCH3 is 1. The van der Waals surface area contributed by atoms with Crippen molar-refractivity contribution in [1.82, 2.24) is 9.97 Å². The second kappa shape index (κ2) is 4.55. The fraction of sp³-hybridized carbons (Fsp3) is 0.444. The van der Waals surface area contributed by atoms with E-state index in [2.05, 4.69) is 15.3 Å². The Morgan fingerprint density at radius 1 is 1.53 bits per heavy atom. The van der Waals surface area contributed by atoms with Gasteiger partial charge in [0.25, 0.3) is 5.91 Å². The van der Waals surface area contributed by atoms with Crippen molar-refractivity contribution in [2.45, 2.75) is 19.4 Å². The number of nitrogens with zero attached hydrogens (tertiary/aromatic N) is 2. The number of anilines is 1. The Labute approximate surface area is 92.8 Å². The molecule has 0 saturated heterocycles. The highest BCUT2D eigenvalue weighted by Crippen LogP contribution is 2.13. The number of carbonyl (C=O) groups excluding carboxylic acids is 1. The second-order valence-corrected chi connectivity index (χ2v) is 3.78. The zero-order valence-electron chi connectivity index (χ0n) is 8.74. The number of amides is 1. The van der Waals surface area contributed by atoms with E-state index < -0.39 is 5.60 Å². The molecule has 1 amide bonds. The summed E-state index contributed by atoms with van der Waals surface area (Å²) in [5.74, 6) is 0.0601. The minimum Gasteiger partial charge on any atom is -0.369 e. The van der Waals surface area contributed by atoms with Crippen LogP contribution in [0.15, 0.2) is 12.4 Å². The first-order valence-corrected chi connectivity index (χ1v) is 4.67. The Morgan fingerprint density at radius 2 is 2.20 bits per heavy atom. The van der Waals surface area contributed by atoms with Crippen LogP contribution in [0, 0.1) is 0 Å². The van der Waals surface area contributed by atoms with Gasteiger partial charge in [0.1, 0.15) is 22.9 Å². The lowest BCUT2D eigenvalue weighted by atomic mass is 10.1. The molecule has 0 unspecified atom stereocenters. The first kappa shape index (κ1) is 11.9. The van der Waals surface area contributed by atoms with E-state index in [1.54, 1.807) is 13.8 Å². The van der Waals surface area contributed by atoms with Gasteiger partial charge in [-0.25, -0.2) is 9.97 Å². The van der Waals surface area contributed by atoms with Gasteiger partial charge in [0.2, 0.25) is 0 Å². The summed E-state index contributed by atoms with van der Waals surface area (Å²) < 4.78 is 5.01. The summed E-state index contributed by atoms with van der Waals surface area (Å²) in [6, 6.07) is 1.46. The molecule has 0 aliphatic heterocycles. The highest BCUT2D eigenvalue weighted by Gasteiger charge is 2.27. The van der Waals surface area contributed by atoms with Gasteiger partial charge in [-0.3, -0.25) is 4.79 Å².